The van der Waals surface area contributed by atoms with Gasteiger partial charge in [-0.1, -0.05) is 72.3 Å². The van der Waals surface area contributed by atoms with Crippen molar-refractivity contribution in [2.45, 2.75) is 19.1 Å². The van der Waals surface area contributed by atoms with Gasteiger partial charge in [-0.15, -0.1) is 0 Å². The summed E-state index contributed by atoms with van der Waals surface area (Å²) in [5.74, 6) is -0.693. The highest BCUT2D eigenvalue weighted by Crippen LogP contribution is 2.34. The highest BCUT2D eigenvalue weighted by Gasteiger charge is 2.36. The molecule has 158 valence electrons. The number of amides is 1. The number of fused-ring (bicyclic) bond motifs is 1. The standard InChI is InChI=1S/C22H16ClF3N4O/c1-13(14-8-4-2-5-9-14)27-21(31)19-18(23)20-28-16(15-10-6-3-7-11-15)12-17(22(24,25)26)30(20)29-19/h2-13H,1H3,(H,27,31)/t13-/m1/s1. The number of nitrogens with one attached hydrogen (secondary N) is 1. The molecule has 0 spiro atoms. The van der Waals surface area contributed by atoms with E-state index < -0.39 is 23.8 Å². The molecule has 5 nitrogen and oxygen atoms in total. The van der Waals surface area contributed by atoms with E-state index in [1.807, 2.05) is 30.3 Å². The summed E-state index contributed by atoms with van der Waals surface area (Å²) >= 11 is 6.29. The molecular weight excluding hydrogens is 429 g/mol. The van der Waals surface area contributed by atoms with Crippen LogP contribution in [0.1, 0.15) is 34.7 Å². The molecule has 2 heterocycles. The second-order valence-electron chi connectivity index (χ2n) is 6.89. The molecule has 0 saturated carbocycles. The number of alkyl halides is 3. The fourth-order valence-corrected chi connectivity index (χ4v) is 3.43. The summed E-state index contributed by atoms with van der Waals surface area (Å²) < 4.78 is 41.8. The van der Waals surface area contributed by atoms with E-state index in [0.717, 1.165) is 11.6 Å². The Morgan fingerprint density at radius 3 is 2.29 bits per heavy atom. The molecule has 2 aromatic carbocycles. The maximum absolute atomic E-state index is 13.8. The normalized spacial score (nSPS) is 12.7. The van der Waals surface area contributed by atoms with Crippen molar-refractivity contribution in [3.8, 4) is 11.3 Å². The van der Waals surface area contributed by atoms with Gasteiger partial charge >= 0.3 is 6.18 Å². The van der Waals surface area contributed by atoms with Crippen LogP contribution in [0.25, 0.3) is 16.9 Å². The lowest BCUT2D eigenvalue weighted by molar-refractivity contribution is -0.142. The summed E-state index contributed by atoms with van der Waals surface area (Å²) in [6.07, 6.45) is -4.73. The first-order valence-electron chi connectivity index (χ1n) is 9.33. The molecule has 4 aromatic rings. The van der Waals surface area contributed by atoms with Gasteiger partial charge in [0.05, 0.1) is 11.7 Å². The number of rotatable bonds is 4. The third-order valence-electron chi connectivity index (χ3n) is 4.76. The van der Waals surface area contributed by atoms with E-state index in [2.05, 4.69) is 15.4 Å². The van der Waals surface area contributed by atoms with E-state index in [4.69, 9.17) is 11.6 Å². The van der Waals surface area contributed by atoms with Gasteiger partial charge in [-0.3, -0.25) is 4.79 Å². The maximum Gasteiger partial charge on any atom is 0.433 e. The van der Waals surface area contributed by atoms with Gasteiger partial charge in [0.15, 0.2) is 17.0 Å². The van der Waals surface area contributed by atoms with Gasteiger partial charge in [-0.25, -0.2) is 9.50 Å². The van der Waals surface area contributed by atoms with Crippen molar-refractivity contribution in [3.63, 3.8) is 0 Å². The second kappa shape index (κ2) is 8.03. The number of aromatic nitrogens is 3. The summed E-state index contributed by atoms with van der Waals surface area (Å²) in [7, 11) is 0. The van der Waals surface area contributed by atoms with Crippen LogP contribution in [0.3, 0.4) is 0 Å². The fraction of sp³-hybridized carbons (Fsp3) is 0.136. The van der Waals surface area contributed by atoms with E-state index in [1.165, 1.54) is 0 Å². The summed E-state index contributed by atoms with van der Waals surface area (Å²) in [4.78, 5) is 17.0. The summed E-state index contributed by atoms with van der Waals surface area (Å²) in [5, 5.41) is 6.31. The molecule has 9 heteroatoms. The van der Waals surface area contributed by atoms with Gasteiger partial charge in [0, 0.05) is 5.56 Å². The average molecular weight is 445 g/mol. The van der Waals surface area contributed by atoms with Crippen LogP contribution < -0.4 is 5.32 Å². The minimum absolute atomic E-state index is 0.0758. The van der Waals surface area contributed by atoms with E-state index in [-0.39, 0.29) is 22.1 Å². The summed E-state index contributed by atoms with van der Waals surface area (Å²) in [6, 6.07) is 18.0. The molecule has 0 aliphatic rings. The Hall–Kier alpha value is -3.39. The van der Waals surface area contributed by atoms with Crippen molar-refractivity contribution in [1.29, 1.82) is 0 Å². The lowest BCUT2D eigenvalue weighted by atomic mass is 10.1. The van der Waals surface area contributed by atoms with Crippen molar-refractivity contribution in [3.05, 3.63) is 88.7 Å². The molecule has 0 saturated heterocycles. The van der Waals surface area contributed by atoms with Crippen LogP contribution in [0.4, 0.5) is 13.2 Å². The Labute approximate surface area is 180 Å². The average Bonchev–Trinajstić information content (AvgIpc) is 3.10. The topological polar surface area (TPSA) is 59.3 Å². The Balaban J connectivity index is 1.79. The third-order valence-corrected chi connectivity index (χ3v) is 5.10. The molecule has 1 atom stereocenters. The van der Waals surface area contributed by atoms with Crippen LogP contribution >= 0.6 is 11.6 Å². The lowest BCUT2D eigenvalue weighted by Gasteiger charge is -2.13. The molecule has 0 aliphatic carbocycles. The quantitative estimate of drug-likeness (QED) is 0.448. The fourth-order valence-electron chi connectivity index (χ4n) is 3.19. The molecule has 31 heavy (non-hydrogen) atoms. The van der Waals surface area contributed by atoms with Crippen LogP contribution in [-0.4, -0.2) is 20.5 Å². The highest BCUT2D eigenvalue weighted by atomic mass is 35.5. The smallest absolute Gasteiger partial charge is 0.344 e. The minimum Gasteiger partial charge on any atom is -0.344 e. The largest absolute Gasteiger partial charge is 0.433 e. The summed E-state index contributed by atoms with van der Waals surface area (Å²) in [6.45, 7) is 1.75. The first-order chi connectivity index (χ1) is 14.8. The van der Waals surface area contributed by atoms with Crippen LogP contribution in [0.15, 0.2) is 66.7 Å². The SMILES string of the molecule is C[C@@H](NC(=O)c1nn2c(C(F)(F)F)cc(-c3ccccc3)nc2c1Cl)c1ccccc1. The maximum atomic E-state index is 13.8. The number of hydrogen-bond acceptors (Lipinski definition) is 3. The van der Waals surface area contributed by atoms with Crippen LogP contribution in [0, 0.1) is 0 Å². The molecule has 0 radical (unpaired) electrons. The predicted octanol–water partition coefficient (Wildman–Crippen LogP) is 5.56. The van der Waals surface area contributed by atoms with Crippen LogP contribution in [0.2, 0.25) is 5.02 Å². The number of halogens is 4. The monoisotopic (exact) mass is 444 g/mol. The zero-order valence-electron chi connectivity index (χ0n) is 16.2. The molecule has 0 fully saturated rings. The number of carbonyl (C=O) groups is 1. The van der Waals surface area contributed by atoms with Crippen molar-refractivity contribution in [1.82, 2.24) is 19.9 Å². The number of hydrogen-bond donors (Lipinski definition) is 1. The zero-order chi connectivity index (χ0) is 22.2. The minimum atomic E-state index is -4.73. The number of carbonyl (C=O) groups excluding carboxylic acids is 1. The second-order valence-corrected chi connectivity index (χ2v) is 7.27. The molecule has 0 bridgehead atoms. The van der Waals surface area contributed by atoms with Gasteiger partial charge in [-0.05, 0) is 18.6 Å². The van der Waals surface area contributed by atoms with E-state index in [0.29, 0.717) is 10.1 Å². The Morgan fingerprint density at radius 2 is 1.68 bits per heavy atom. The molecule has 2 aromatic heterocycles. The Kier molecular flexibility index (Phi) is 5.41. The van der Waals surface area contributed by atoms with Crippen molar-refractivity contribution in [2.75, 3.05) is 0 Å². The van der Waals surface area contributed by atoms with Gasteiger partial charge in [0.1, 0.15) is 5.02 Å². The molecule has 4 rings (SSSR count). The van der Waals surface area contributed by atoms with Gasteiger partial charge in [-0.2, -0.15) is 18.3 Å². The molecule has 1 N–H and O–H groups in total. The van der Waals surface area contributed by atoms with Crippen LogP contribution in [0.5, 0.6) is 0 Å². The van der Waals surface area contributed by atoms with E-state index in [9.17, 15) is 18.0 Å². The Bertz CT molecular complexity index is 1240. The number of nitrogens with zero attached hydrogens (tertiary/aromatic N) is 3. The zero-order valence-corrected chi connectivity index (χ0v) is 16.9. The third kappa shape index (κ3) is 4.11. The van der Waals surface area contributed by atoms with Gasteiger partial charge < -0.3 is 5.32 Å². The summed E-state index contributed by atoms with van der Waals surface area (Å²) in [5.41, 5.74) is -0.256. The predicted molar refractivity (Wildman–Crippen MR) is 111 cm³/mol. The van der Waals surface area contributed by atoms with E-state index >= 15 is 0 Å². The first kappa shape index (κ1) is 20.9. The van der Waals surface area contributed by atoms with Gasteiger partial charge in [0.25, 0.3) is 5.91 Å². The van der Waals surface area contributed by atoms with Crippen molar-refractivity contribution < 1.29 is 18.0 Å². The highest BCUT2D eigenvalue weighted by molar-refractivity contribution is 6.36. The number of benzene rings is 2. The molecular formula is C22H16ClF3N4O. The van der Waals surface area contributed by atoms with Crippen LogP contribution in [-0.2, 0) is 6.18 Å². The van der Waals surface area contributed by atoms with Gasteiger partial charge in [0.2, 0.25) is 0 Å². The first-order valence-corrected chi connectivity index (χ1v) is 9.71. The lowest BCUT2D eigenvalue weighted by Crippen LogP contribution is -2.27. The molecule has 0 unspecified atom stereocenters. The van der Waals surface area contributed by atoms with E-state index in [1.54, 1.807) is 37.3 Å². The Morgan fingerprint density at radius 1 is 1.06 bits per heavy atom. The molecule has 1 amide bonds. The van der Waals surface area contributed by atoms with Crippen molar-refractivity contribution >= 4 is 23.2 Å². The van der Waals surface area contributed by atoms with Crippen molar-refractivity contribution in [2.24, 2.45) is 0 Å². The molecule has 0 aliphatic heterocycles.